The number of aromatic nitrogens is 1. The number of hydrogen-bond donors (Lipinski definition) is 1. The second kappa shape index (κ2) is 7.29. The summed E-state index contributed by atoms with van der Waals surface area (Å²) in [5, 5.41) is 3.74. The molecule has 0 amide bonds. The fourth-order valence-corrected chi connectivity index (χ4v) is 3.01. The van der Waals surface area contributed by atoms with E-state index in [-0.39, 0.29) is 0 Å². The van der Waals surface area contributed by atoms with Crippen LogP contribution in [-0.2, 0) is 6.61 Å². The summed E-state index contributed by atoms with van der Waals surface area (Å²) in [5.74, 6) is 1.53. The standard InChI is InChI=1S/C14H13Br2ClN2O/c1-2-18-13-7-6-11(17)12(19-13)8-20-14-9(15)4-3-5-10(14)16/h3-7H,2,8H2,1H3,(H,18,19). The summed E-state index contributed by atoms with van der Waals surface area (Å²) < 4.78 is 7.56. The van der Waals surface area contributed by atoms with Crippen LogP contribution in [0.3, 0.4) is 0 Å². The van der Waals surface area contributed by atoms with Crippen molar-refractivity contribution in [3.63, 3.8) is 0 Å². The molecule has 0 atom stereocenters. The fraction of sp³-hybridized carbons (Fsp3) is 0.214. The maximum absolute atomic E-state index is 6.15. The van der Waals surface area contributed by atoms with Gasteiger partial charge in [-0.25, -0.2) is 4.98 Å². The Morgan fingerprint density at radius 2 is 1.90 bits per heavy atom. The van der Waals surface area contributed by atoms with Gasteiger partial charge < -0.3 is 10.1 Å². The first-order valence-electron chi connectivity index (χ1n) is 6.08. The Hall–Kier alpha value is -0.780. The van der Waals surface area contributed by atoms with Crippen LogP contribution in [0.5, 0.6) is 5.75 Å². The van der Waals surface area contributed by atoms with Crippen molar-refractivity contribution in [1.29, 1.82) is 0 Å². The molecular formula is C14H13Br2ClN2O. The third-order valence-corrected chi connectivity index (χ3v) is 4.14. The number of pyridine rings is 1. The number of ether oxygens (including phenoxy) is 1. The zero-order valence-corrected chi connectivity index (χ0v) is 14.7. The molecule has 106 valence electrons. The lowest BCUT2D eigenvalue weighted by Crippen LogP contribution is -2.04. The normalized spacial score (nSPS) is 10.4. The Kier molecular flexibility index (Phi) is 5.69. The van der Waals surface area contributed by atoms with E-state index in [1.807, 2.05) is 37.3 Å². The zero-order chi connectivity index (χ0) is 14.5. The van der Waals surface area contributed by atoms with E-state index in [9.17, 15) is 0 Å². The van der Waals surface area contributed by atoms with Gasteiger partial charge in [0.1, 0.15) is 18.2 Å². The molecule has 0 saturated heterocycles. The average Bonchev–Trinajstić information content (AvgIpc) is 2.42. The molecule has 2 rings (SSSR count). The van der Waals surface area contributed by atoms with Crippen molar-refractivity contribution < 1.29 is 4.74 Å². The first-order chi connectivity index (χ1) is 9.61. The van der Waals surface area contributed by atoms with Gasteiger partial charge >= 0.3 is 0 Å². The van der Waals surface area contributed by atoms with Crippen molar-refractivity contribution in [1.82, 2.24) is 4.98 Å². The second-order valence-electron chi connectivity index (χ2n) is 3.99. The molecule has 0 spiro atoms. The van der Waals surface area contributed by atoms with Gasteiger partial charge in [-0.05, 0) is 63.0 Å². The SMILES string of the molecule is CCNc1ccc(Cl)c(COc2c(Br)cccc2Br)n1. The topological polar surface area (TPSA) is 34.1 Å². The van der Waals surface area contributed by atoms with Gasteiger partial charge in [0.05, 0.1) is 19.7 Å². The molecule has 0 bridgehead atoms. The van der Waals surface area contributed by atoms with E-state index >= 15 is 0 Å². The second-order valence-corrected chi connectivity index (χ2v) is 6.11. The van der Waals surface area contributed by atoms with Crippen molar-refractivity contribution >= 4 is 49.3 Å². The van der Waals surface area contributed by atoms with E-state index in [4.69, 9.17) is 16.3 Å². The van der Waals surface area contributed by atoms with Gasteiger partial charge in [-0.3, -0.25) is 0 Å². The van der Waals surface area contributed by atoms with Gasteiger partial charge in [-0.15, -0.1) is 0 Å². The molecular weight excluding hydrogens is 407 g/mol. The molecule has 0 saturated carbocycles. The molecule has 1 aromatic heterocycles. The van der Waals surface area contributed by atoms with E-state index in [0.29, 0.717) is 17.3 Å². The highest BCUT2D eigenvalue weighted by Crippen LogP contribution is 2.33. The third kappa shape index (κ3) is 3.87. The van der Waals surface area contributed by atoms with Gasteiger partial charge in [0.25, 0.3) is 0 Å². The summed E-state index contributed by atoms with van der Waals surface area (Å²) in [6, 6.07) is 9.44. The number of nitrogens with one attached hydrogen (secondary N) is 1. The van der Waals surface area contributed by atoms with Crippen LogP contribution in [-0.4, -0.2) is 11.5 Å². The molecule has 3 nitrogen and oxygen atoms in total. The minimum Gasteiger partial charge on any atom is -0.485 e. The minimum absolute atomic E-state index is 0.305. The number of benzene rings is 1. The van der Waals surface area contributed by atoms with E-state index in [0.717, 1.165) is 27.1 Å². The molecule has 0 unspecified atom stereocenters. The summed E-state index contributed by atoms with van der Waals surface area (Å²) in [6.45, 7) is 3.13. The molecule has 0 fully saturated rings. The summed E-state index contributed by atoms with van der Waals surface area (Å²) in [6.07, 6.45) is 0. The van der Waals surface area contributed by atoms with Crippen molar-refractivity contribution in [3.05, 3.63) is 50.0 Å². The molecule has 1 heterocycles. The van der Waals surface area contributed by atoms with Crippen LogP contribution in [0.1, 0.15) is 12.6 Å². The number of halogens is 3. The molecule has 2 aromatic rings. The summed E-state index contributed by atoms with van der Waals surface area (Å²) in [4.78, 5) is 4.44. The van der Waals surface area contributed by atoms with E-state index in [1.165, 1.54) is 0 Å². The molecule has 0 aliphatic carbocycles. The molecule has 1 aromatic carbocycles. The Balaban J connectivity index is 2.16. The zero-order valence-electron chi connectivity index (χ0n) is 10.8. The lowest BCUT2D eigenvalue weighted by molar-refractivity contribution is 0.297. The van der Waals surface area contributed by atoms with Crippen LogP contribution in [0.15, 0.2) is 39.3 Å². The van der Waals surface area contributed by atoms with Gasteiger partial charge in [0.2, 0.25) is 0 Å². The average molecular weight is 421 g/mol. The fourth-order valence-electron chi connectivity index (χ4n) is 1.63. The Morgan fingerprint density at radius 3 is 2.55 bits per heavy atom. The van der Waals surface area contributed by atoms with Crippen LogP contribution in [0.4, 0.5) is 5.82 Å². The van der Waals surface area contributed by atoms with Gasteiger partial charge in [0, 0.05) is 6.54 Å². The lowest BCUT2D eigenvalue weighted by Gasteiger charge is -2.12. The molecule has 6 heteroatoms. The number of rotatable bonds is 5. The first-order valence-corrected chi connectivity index (χ1v) is 8.04. The van der Waals surface area contributed by atoms with E-state index < -0.39 is 0 Å². The smallest absolute Gasteiger partial charge is 0.148 e. The van der Waals surface area contributed by atoms with Gasteiger partial charge in [-0.1, -0.05) is 17.7 Å². The quantitative estimate of drug-likeness (QED) is 0.715. The van der Waals surface area contributed by atoms with Crippen LogP contribution in [0.2, 0.25) is 5.02 Å². The maximum Gasteiger partial charge on any atom is 0.148 e. The number of anilines is 1. The number of para-hydroxylation sites is 1. The maximum atomic E-state index is 6.15. The van der Waals surface area contributed by atoms with E-state index in [2.05, 4.69) is 42.2 Å². The predicted octanol–water partition coefficient (Wildman–Crippen LogP) is 5.27. The largest absolute Gasteiger partial charge is 0.485 e. The van der Waals surface area contributed by atoms with Crippen molar-refractivity contribution in [2.75, 3.05) is 11.9 Å². The number of nitrogens with zero attached hydrogens (tertiary/aromatic N) is 1. The molecule has 0 aliphatic rings. The Labute approximate surface area is 140 Å². The highest BCUT2D eigenvalue weighted by molar-refractivity contribution is 9.11. The predicted molar refractivity (Wildman–Crippen MR) is 89.6 cm³/mol. The summed E-state index contributed by atoms with van der Waals surface area (Å²) in [5.41, 5.74) is 0.702. The summed E-state index contributed by atoms with van der Waals surface area (Å²) in [7, 11) is 0. The molecule has 20 heavy (non-hydrogen) atoms. The monoisotopic (exact) mass is 418 g/mol. The molecule has 1 N–H and O–H groups in total. The number of hydrogen-bond acceptors (Lipinski definition) is 3. The van der Waals surface area contributed by atoms with Crippen LogP contribution < -0.4 is 10.1 Å². The van der Waals surface area contributed by atoms with Gasteiger partial charge in [0.15, 0.2) is 0 Å². The molecule has 0 aliphatic heterocycles. The van der Waals surface area contributed by atoms with Crippen LogP contribution >= 0.6 is 43.5 Å². The third-order valence-electron chi connectivity index (χ3n) is 2.55. The summed E-state index contributed by atoms with van der Waals surface area (Å²) >= 11 is 13.1. The van der Waals surface area contributed by atoms with Crippen molar-refractivity contribution in [2.45, 2.75) is 13.5 Å². The first kappa shape index (κ1) is 15.6. The van der Waals surface area contributed by atoms with Gasteiger partial charge in [-0.2, -0.15) is 0 Å². The Bertz CT molecular complexity index is 587. The van der Waals surface area contributed by atoms with Crippen molar-refractivity contribution in [2.24, 2.45) is 0 Å². The highest BCUT2D eigenvalue weighted by Gasteiger charge is 2.09. The molecule has 0 radical (unpaired) electrons. The highest BCUT2D eigenvalue weighted by atomic mass is 79.9. The van der Waals surface area contributed by atoms with Crippen LogP contribution in [0.25, 0.3) is 0 Å². The Morgan fingerprint density at radius 1 is 1.20 bits per heavy atom. The minimum atomic E-state index is 0.305. The lowest BCUT2D eigenvalue weighted by atomic mass is 10.3. The van der Waals surface area contributed by atoms with E-state index in [1.54, 1.807) is 0 Å². The van der Waals surface area contributed by atoms with Crippen LogP contribution in [0, 0.1) is 0 Å². The van der Waals surface area contributed by atoms with Crippen molar-refractivity contribution in [3.8, 4) is 5.75 Å².